The van der Waals surface area contributed by atoms with Crippen LogP contribution in [0.2, 0.25) is 5.02 Å². The maximum atomic E-state index is 14.6. The van der Waals surface area contributed by atoms with Crippen LogP contribution in [0.15, 0.2) is 59.5 Å². The molecule has 4 nitrogen and oxygen atoms in total. The minimum absolute atomic E-state index is 0.217. The van der Waals surface area contributed by atoms with E-state index in [4.69, 9.17) is 11.6 Å². The van der Waals surface area contributed by atoms with Gasteiger partial charge in [0, 0.05) is 40.3 Å². The van der Waals surface area contributed by atoms with E-state index in [9.17, 15) is 12.8 Å². The number of halogens is 2. The molecule has 0 N–H and O–H groups in total. The van der Waals surface area contributed by atoms with Gasteiger partial charge in [0.05, 0.1) is 11.4 Å². The predicted octanol–water partition coefficient (Wildman–Crippen LogP) is 7.28. The molecular weight excluding hydrogens is 507 g/mol. The van der Waals surface area contributed by atoms with E-state index >= 15 is 0 Å². The van der Waals surface area contributed by atoms with Crippen molar-refractivity contribution in [2.75, 3.05) is 13.1 Å². The van der Waals surface area contributed by atoms with E-state index in [0.29, 0.717) is 35.1 Å². The van der Waals surface area contributed by atoms with Crippen molar-refractivity contribution >= 4 is 32.5 Å². The third-order valence-corrected chi connectivity index (χ3v) is 10.3. The lowest BCUT2D eigenvalue weighted by Crippen LogP contribution is -2.38. The average Bonchev–Trinajstić information content (AvgIpc) is 3.11. The smallest absolute Gasteiger partial charge is 0.243 e. The monoisotopic (exact) mass is 538 g/mol. The van der Waals surface area contributed by atoms with Gasteiger partial charge < -0.3 is 4.57 Å². The van der Waals surface area contributed by atoms with Crippen LogP contribution in [0.3, 0.4) is 0 Å². The lowest BCUT2D eigenvalue weighted by atomic mass is 9.88. The Labute approximate surface area is 223 Å². The number of sulfonamides is 1. The molecule has 0 unspecified atom stereocenters. The summed E-state index contributed by atoms with van der Waals surface area (Å²) < 4.78 is 45.6. The highest BCUT2D eigenvalue weighted by molar-refractivity contribution is 7.89. The van der Waals surface area contributed by atoms with Crippen molar-refractivity contribution in [3.63, 3.8) is 0 Å². The summed E-state index contributed by atoms with van der Waals surface area (Å²) >= 11 is 6.36. The minimum Gasteiger partial charge on any atom is -0.340 e. The van der Waals surface area contributed by atoms with Crippen molar-refractivity contribution in [1.29, 1.82) is 0 Å². The van der Waals surface area contributed by atoms with Gasteiger partial charge in [0.15, 0.2) is 0 Å². The highest BCUT2D eigenvalue weighted by Gasteiger charge is 2.33. The molecule has 0 saturated carbocycles. The quantitative estimate of drug-likeness (QED) is 0.268. The van der Waals surface area contributed by atoms with Crippen molar-refractivity contribution in [3.8, 4) is 0 Å². The average molecular weight is 539 g/mol. The molecule has 0 bridgehead atoms. The number of piperidine rings is 1. The molecule has 2 heterocycles. The molecule has 1 aliphatic rings. The molecule has 3 aromatic carbocycles. The normalized spacial score (nSPS) is 15.5. The number of aromatic nitrogens is 1. The number of rotatable bonds is 5. The summed E-state index contributed by atoms with van der Waals surface area (Å²) in [6, 6.07) is 16.8. The van der Waals surface area contributed by atoms with Crippen LogP contribution in [-0.2, 0) is 16.6 Å². The summed E-state index contributed by atoms with van der Waals surface area (Å²) in [6.07, 6.45) is 1.47. The van der Waals surface area contributed by atoms with Gasteiger partial charge in [-0.1, -0.05) is 53.6 Å². The minimum atomic E-state index is -3.57. The molecule has 5 rings (SSSR count). The number of fused-ring (bicyclic) bond motifs is 1. The Bertz CT molecular complexity index is 1560. The Morgan fingerprint density at radius 1 is 0.946 bits per heavy atom. The Hall–Kier alpha value is -2.67. The van der Waals surface area contributed by atoms with E-state index in [0.717, 1.165) is 46.1 Å². The molecule has 0 atom stereocenters. The number of benzene rings is 3. The van der Waals surface area contributed by atoms with Crippen LogP contribution in [-0.4, -0.2) is 30.4 Å². The summed E-state index contributed by atoms with van der Waals surface area (Å²) in [5.74, 6) is -0.0969. The molecule has 1 aromatic heterocycles. The highest BCUT2D eigenvalue weighted by Crippen LogP contribution is 2.39. The zero-order chi connectivity index (χ0) is 26.5. The summed E-state index contributed by atoms with van der Waals surface area (Å²) in [4.78, 5) is 0.436. The lowest BCUT2D eigenvalue weighted by Gasteiger charge is -2.32. The largest absolute Gasteiger partial charge is 0.340 e. The second-order valence-electron chi connectivity index (χ2n) is 10.2. The topological polar surface area (TPSA) is 42.3 Å². The Balaban J connectivity index is 1.46. The molecule has 37 heavy (non-hydrogen) atoms. The van der Waals surface area contributed by atoms with Gasteiger partial charge in [0.25, 0.3) is 0 Å². The molecule has 194 valence electrons. The van der Waals surface area contributed by atoms with Crippen LogP contribution in [0.1, 0.15) is 52.3 Å². The van der Waals surface area contributed by atoms with Gasteiger partial charge in [0.1, 0.15) is 5.82 Å². The fraction of sp³-hybridized carbons (Fsp3) is 0.333. The van der Waals surface area contributed by atoms with Gasteiger partial charge in [-0.05, 0) is 81.3 Å². The van der Waals surface area contributed by atoms with Gasteiger partial charge >= 0.3 is 0 Å². The van der Waals surface area contributed by atoms with Crippen LogP contribution >= 0.6 is 11.6 Å². The third-order valence-electron chi connectivity index (χ3n) is 7.72. The molecule has 0 amide bonds. The maximum Gasteiger partial charge on any atom is 0.243 e. The number of nitrogens with zero attached hydrogens (tertiary/aromatic N) is 2. The van der Waals surface area contributed by atoms with E-state index < -0.39 is 10.0 Å². The predicted molar refractivity (Wildman–Crippen MR) is 149 cm³/mol. The molecule has 4 aromatic rings. The van der Waals surface area contributed by atoms with Crippen LogP contribution in [0, 0.1) is 33.5 Å². The molecular formula is C30H32ClFN2O2S. The molecule has 7 heteroatoms. The van der Waals surface area contributed by atoms with Crippen molar-refractivity contribution in [3.05, 3.63) is 98.9 Å². The second kappa shape index (κ2) is 9.90. The Kier molecular flexibility index (Phi) is 6.94. The van der Waals surface area contributed by atoms with Crippen molar-refractivity contribution in [1.82, 2.24) is 8.87 Å². The first kappa shape index (κ1) is 26.0. The first-order valence-electron chi connectivity index (χ1n) is 12.7. The summed E-state index contributed by atoms with van der Waals surface area (Å²) in [6.45, 7) is 9.10. The fourth-order valence-electron chi connectivity index (χ4n) is 6.11. The first-order valence-corrected chi connectivity index (χ1v) is 14.5. The summed E-state index contributed by atoms with van der Waals surface area (Å²) in [7, 11) is -3.57. The van der Waals surface area contributed by atoms with Gasteiger partial charge in [-0.2, -0.15) is 4.31 Å². The summed E-state index contributed by atoms with van der Waals surface area (Å²) in [5, 5.41) is 1.55. The van der Waals surface area contributed by atoms with Crippen LogP contribution in [0.5, 0.6) is 0 Å². The van der Waals surface area contributed by atoms with E-state index in [2.05, 4.69) is 23.6 Å². The van der Waals surface area contributed by atoms with Gasteiger partial charge in [-0.3, -0.25) is 0 Å². The van der Waals surface area contributed by atoms with E-state index in [1.165, 1.54) is 11.6 Å². The number of para-hydroxylation sites is 1. The molecule has 1 fully saturated rings. The maximum absolute atomic E-state index is 14.6. The zero-order valence-corrected chi connectivity index (χ0v) is 23.3. The van der Waals surface area contributed by atoms with Crippen LogP contribution in [0.4, 0.5) is 4.39 Å². The molecule has 0 radical (unpaired) electrons. The number of aryl methyl sites for hydroxylation is 3. The van der Waals surface area contributed by atoms with Crippen LogP contribution in [0.25, 0.3) is 10.9 Å². The third kappa shape index (κ3) is 4.60. The SMILES string of the molecule is Cc1cc(C)c(S(=O)(=O)N2CCC(c3c(C)n(Cc4c(F)cccc4Cl)c4ccccc34)CC2)c(C)c1. The van der Waals surface area contributed by atoms with E-state index in [1.807, 2.05) is 45.0 Å². The first-order chi connectivity index (χ1) is 17.6. The molecule has 0 aliphatic carbocycles. The Morgan fingerprint density at radius 3 is 2.24 bits per heavy atom. The molecule has 1 saturated heterocycles. The van der Waals surface area contributed by atoms with Crippen molar-refractivity contribution in [2.24, 2.45) is 0 Å². The van der Waals surface area contributed by atoms with Crippen molar-refractivity contribution < 1.29 is 12.8 Å². The summed E-state index contributed by atoms with van der Waals surface area (Å²) in [5.41, 5.74) is 6.47. The van der Waals surface area contributed by atoms with Crippen molar-refractivity contribution in [2.45, 2.75) is 57.9 Å². The van der Waals surface area contributed by atoms with Crippen LogP contribution < -0.4 is 0 Å². The highest BCUT2D eigenvalue weighted by atomic mass is 35.5. The standard InChI is InChI=1S/C30H32ClFN2O2S/c1-19-16-20(2)30(21(3)17-19)37(35,36)33-14-12-23(13-15-33)29-22(4)34(28-11-6-5-8-24(28)29)18-25-26(31)9-7-10-27(25)32/h5-11,16-17,23H,12-15,18H2,1-4H3. The van der Waals surface area contributed by atoms with Gasteiger partial charge in [-0.15, -0.1) is 0 Å². The number of hydrogen-bond acceptors (Lipinski definition) is 2. The molecule has 1 aliphatic heterocycles. The number of hydrogen-bond donors (Lipinski definition) is 0. The van der Waals surface area contributed by atoms with Gasteiger partial charge in [0.2, 0.25) is 10.0 Å². The lowest BCUT2D eigenvalue weighted by molar-refractivity contribution is 0.319. The van der Waals surface area contributed by atoms with Gasteiger partial charge in [-0.25, -0.2) is 12.8 Å². The Morgan fingerprint density at radius 2 is 1.59 bits per heavy atom. The molecule has 0 spiro atoms. The second-order valence-corrected chi connectivity index (χ2v) is 12.5. The van der Waals surface area contributed by atoms with E-state index in [1.54, 1.807) is 16.4 Å². The van der Waals surface area contributed by atoms with E-state index in [-0.39, 0.29) is 11.7 Å². The zero-order valence-electron chi connectivity index (χ0n) is 21.7. The fourth-order valence-corrected chi connectivity index (χ4v) is 8.21.